The average molecular weight is 930 g/mol. The van der Waals surface area contributed by atoms with E-state index in [0.717, 1.165) is 89.9 Å². The Morgan fingerprint density at radius 1 is 0.538 bits per heavy atom. The fourth-order valence-corrected chi connectivity index (χ4v) is 8.00. The molecule has 0 heterocycles. The van der Waals surface area contributed by atoms with Crippen LogP contribution in [-0.4, -0.2) is 73.4 Å². The smallest absolute Gasteiger partial charge is 0.391 e. The number of unbranched alkanes of at least 4 members (excludes halogenated alkanes) is 20. The Labute approximate surface area is 401 Å². The lowest BCUT2D eigenvalue weighted by Gasteiger charge is -2.26. The summed E-state index contributed by atoms with van der Waals surface area (Å²) >= 11 is 0. The first-order valence-corrected chi connectivity index (χ1v) is 27.9. The zero-order valence-electron chi connectivity index (χ0n) is 42.7. The summed E-state index contributed by atoms with van der Waals surface area (Å²) in [5, 5.41) is 14.0. The first-order chi connectivity index (χ1) is 31.5. The molecule has 3 atom stereocenters. The minimum atomic E-state index is -4.32. The van der Waals surface area contributed by atoms with Crippen molar-refractivity contribution in [3.05, 3.63) is 85.1 Å². The number of nitrogens with zero attached hydrogens (tertiary/aromatic N) is 1. The average Bonchev–Trinajstić information content (AvgIpc) is 3.26. The topological polar surface area (TPSA) is 105 Å². The fraction of sp³-hybridized carbons (Fsp3) is 0.732. The third-order valence-corrected chi connectivity index (χ3v) is 12.4. The molecule has 0 spiro atoms. The zero-order valence-corrected chi connectivity index (χ0v) is 43.6. The van der Waals surface area contributed by atoms with E-state index < -0.39 is 20.0 Å². The molecule has 0 aromatic rings. The van der Waals surface area contributed by atoms with Gasteiger partial charge >= 0.3 is 7.82 Å². The van der Waals surface area contributed by atoms with Crippen LogP contribution in [0.1, 0.15) is 213 Å². The van der Waals surface area contributed by atoms with E-state index in [4.69, 9.17) is 9.05 Å². The van der Waals surface area contributed by atoms with Gasteiger partial charge in [-0.2, -0.15) is 0 Å². The number of hydrogen-bond donors (Lipinski definition) is 3. The van der Waals surface area contributed by atoms with Gasteiger partial charge < -0.3 is 19.8 Å². The van der Waals surface area contributed by atoms with Gasteiger partial charge in [-0.3, -0.25) is 13.8 Å². The first-order valence-electron chi connectivity index (χ1n) is 26.5. The highest BCUT2D eigenvalue weighted by atomic mass is 31.2. The van der Waals surface area contributed by atoms with Crippen LogP contribution in [0.5, 0.6) is 0 Å². The van der Waals surface area contributed by atoms with E-state index in [1.54, 1.807) is 0 Å². The number of aliphatic hydroxyl groups is 1. The molecular weight excluding hydrogens is 828 g/mol. The van der Waals surface area contributed by atoms with Crippen LogP contribution in [0, 0.1) is 0 Å². The van der Waals surface area contributed by atoms with Gasteiger partial charge in [-0.25, -0.2) is 4.57 Å². The molecule has 0 fully saturated rings. The van der Waals surface area contributed by atoms with E-state index in [1.165, 1.54) is 96.3 Å². The molecule has 0 saturated carbocycles. The summed E-state index contributed by atoms with van der Waals surface area (Å²) in [6.45, 7) is 4.75. The second kappa shape index (κ2) is 46.8. The second-order valence-corrected chi connectivity index (χ2v) is 20.3. The summed E-state index contributed by atoms with van der Waals surface area (Å²) in [7, 11) is 1.60. The molecule has 0 aromatic carbocycles. The Balaban J connectivity index is 4.16. The lowest BCUT2D eigenvalue weighted by atomic mass is 10.0. The predicted molar refractivity (Wildman–Crippen MR) is 281 cm³/mol. The fourth-order valence-electron chi connectivity index (χ4n) is 7.26. The summed E-state index contributed by atoms with van der Waals surface area (Å²) in [6.07, 6.45) is 64.8. The lowest BCUT2D eigenvalue weighted by molar-refractivity contribution is -0.870. The third kappa shape index (κ3) is 49.4. The minimum absolute atomic E-state index is 0.0696. The maximum absolute atomic E-state index is 12.9. The molecule has 376 valence electrons. The van der Waals surface area contributed by atoms with Crippen molar-refractivity contribution in [1.82, 2.24) is 5.32 Å². The Hall–Kier alpha value is -2.32. The molecule has 0 aliphatic heterocycles. The highest BCUT2D eigenvalue weighted by Gasteiger charge is 2.28. The van der Waals surface area contributed by atoms with Crippen molar-refractivity contribution in [2.75, 3.05) is 40.9 Å². The highest BCUT2D eigenvalue weighted by molar-refractivity contribution is 7.47. The highest BCUT2D eigenvalue weighted by Crippen LogP contribution is 2.43. The van der Waals surface area contributed by atoms with Crippen molar-refractivity contribution >= 4 is 13.7 Å². The predicted octanol–water partition coefficient (Wildman–Crippen LogP) is 15.7. The lowest BCUT2D eigenvalue weighted by Crippen LogP contribution is -2.46. The summed E-state index contributed by atoms with van der Waals surface area (Å²) < 4.78 is 23.7. The molecule has 3 unspecified atom stereocenters. The number of phosphoric acid groups is 1. The molecule has 8 nitrogen and oxygen atoms in total. The van der Waals surface area contributed by atoms with E-state index in [-0.39, 0.29) is 19.1 Å². The summed E-state index contributed by atoms with van der Waals surface area (Å²) in [4.78, 5) is 23.2. The number of hydrogen-bond acceptors (Lipinski definition) is 5. The van der Waals surface area contributed by atoms with Crippen LogP contribution >= 0.6 is 7.82 Å². The second-order valence-electron chi connectivity index (χ2n) is 18.9. The molecule has 1 amide bonds. The summed E-state index contributed by atoms with van der Waals surface area (Å²) in [6, 6.07) is -0.768. The molecule has 0 radical (unpaired) electrons. The maximum atomic E-state index is 12.9. The van der Waals surface area contributed by atoms with E-state index in [9.17, 15) is 19.4 Å². The van der Waals surface area contributed by atoms with Gasteiger partial charge in [-0.05, 0) is 70.6 Å². The Bertz CT molecular complexity index is 1330. The minimum Gasteiger partial charge on any atom is -0.391 e. The van der Waals surface area contributed by atoms with Gasteiger partial charge in [-0.1, -0.05) is 221 Å². The number of amides is 1. The van der Waals surface area contributed by atoms with Crippen molar-refractivity contribution in [2.24, 2.45) is 0 Å². The van der Waals surface area contributed by atoms with Crippen molar-refractivity contribution < 1.29 is 32.9 Å². The first kappa shape index (κ1) is 62.7. The van der Waals surface area contributed by atoms with Crippen LogP contribution in [0.4, 0.5) is 0 Å². The van der Waals surface area contributed by atoms with Gasteiger partial charge in [0.15, 0.2) is 0 Å². The van der Waals surface area contributed by atoms with Crippen LogP contribution in [0.3, 0.4) is 0 Å². The van der Waals surface area contributed by atoms with Crippen molar-refractivity contribution in [1.29, 1.82) is 0 Å². The number of allylic oxidation sites excluding steroid dienone is 14. The zero-order chi connectivity index (χ0) is 47.8. The van der Waals surface area contributed by atoms with Crippen LogP contribution in [0.15, 0.2) is 85.1 Å². The standard InChI is InChI=1S/C56H101N2O6P/c1-6-8-10-12-14-16-18-20-21-22-23-24-25-26-27-28-29-30-31-32-33-34-35-36-37-38-40-42-44-46-48-50-56(60)57-54(53-64-65(61,62)63-52-51-58(3,4)5)55(59)49-47-45-43-41-39-19-17-15-13-11-9-7-2/h8,10,14,16,20-21,23-24,26-27,29-30,32-33,54-55,59H,6-7,9,11-13,15,17-19,22,25,28,31,34-53H2,1-5H3,(H-,57,60,61,62)/p+1/b10-8-,16-14-,21-20-,24-23-,27-26-,30-29-,33-32-. The van der Waals surface area contributed by atoms with Crippen molar-refractivity contribution in [3.8, 4) is 0 Å². The van der Waals surface area contributed by atoms with E-state index in [1.807, 2.05) is 21.1 Å². The Morgan fingerprint density at radius 3 is 1.35 bits per heavy atom. The van der Waals surface area contributed by atoms with Crippen LogP contribution in [0.2, 0.25) is 0 Å². The molecule has 0 saturated heterocycles. The maximum Gasteiger partial charge on any atom is 0.472 e. The summed E-state index contributed by atoms with van der Waals surface area (Å²) in [5.41, 5.74) is 0. The van der Waals surface area contributed by atoms with E-state index in [2.05, 4.69) is 104 Å². The van der Waals surface area contributed by atoms with Gasteiger partial charge in [0.05, 0.1) is 39.9 Å². The molecule has 0 aliphatic carbocycles. The molecule has 3 N–H and O–H groups in total. The Morgan fingerprint density at radius 2 is 0.923 bits per heavy atom. The van der Waals surface area contributed by atoms with Gasteiger partial charge in [0.25, 0.3) is 0 Å². The van der Waals surface area contributed by atoms with Crippen LogP contribution in [-0.2, 0) is 18.4 Å². The Kier molecular flexibility index (Phi) is 45.1. The molecule has 0 aliphatic rings. The molecule has 0 bridgehead atoms. The molecule has 65 heavy (non-hydrogen) atoms. The van der Waals surface area contributed by atoms with E-state index >= 15 is 0 Å². The van der Waals surface area contributed by atoms with E-state index in [0.29, 0.717) is 23.9 Å². The SMILES string of the molecule is CC/C=C\C/C=C\C/C=C\C/C=C\C/C=C\C/C=C\C/C=C\CCCCCCCCCCCC(=O)NC(COP(=O)(O)OCC[N+](C)(C)C)C(O)CCCCCCCCCCCCCC. The number of carbonyl (C=O) groups is 1. The summed E-state index contributed by atoms with van der Waals surface area (Å²) in [5.74, 6) is -0.155. The third-order valence-electron chi connectivity index (χ3n) is 11.4. The van der Waals surface area contributed by atoms with Crippen molar-refractivity contribution in [3.63, 3.8) is 0 Å². The number of quaternary nitrogens is 1. The van der Waals surface area contributed by atoms with Crippen LogP contribution < -0.4 is 5.32 Å². The number of phosphoric ester groups is 1. The largest absolute Gasteiger partial charge is 0.472 e. The molecule has 0 rings (SSSR count). The number of nitrogens with one attached hydrogen (secondary N) is 1. The number of likely N-dealkylation sites (N-methyl/N-ethyl adjacent to an activating group) is 1. The monoisotopic (exact) mass is 930 g/mol. The molecular formula is C56H102N2O6P+. The van der Waals surface area contributed by atoms with Gasteiger partial charge in [0, 0.05) is 6.42 Å². The molecule has 0 aromatic heterocycles. The number of rotatable bonds is 47. The normalized spacial score (nSPS) is 14.8. The van der Waals surface area contributed by atoms with Gasteiger partial charge in [0.1, 0.15) is 13.2 Å². The quantitative estimate of drug-likeness (QED) is 0.0243. The van der Waals surface area contributed by atoms with Crippen LogP contribution in [0.25, 0.3) is 0 Å². The van der Waals surface area contributed by atoms with Crippen molar-refractivity contribution in [2.45, 2.75) is 225 Å². The van der Waals surface area contributed by atoms with Gasteiger partial charge in [0.2, 0.25) is 5.91 Å². The number of aliphatic hydroxyl groups excluding tert-OH is 1. The number of carbonyl (C=O) groups excluding carboxylic acids is 1. The van der Waals surface area contributed by atoms with Gasteiger partial charge in [-0.15, -0.1) is 0 Å². The molecule has 9 heteroatoms.